The SMILES string of the molecule is CCC(N)(CC)CNC(=O)c1ccc(OCC(F)(F)F)nc1. The van der Waals surface area contributed by atoms with E-state index in [1.54, 1.807) is 0 Å². The van der Waals surface area contributed by atoms with E-state index in [-0.39, 0.29) is 17.4 Å². The maximum atomic E-state index is 12.0. The van der Waals surface area contributed by atoms with E-state index in [0.717, 1.165) is 6.20 Å². The van der Waals surface area contributed by atoms with Gasteiger partial charge in [0.15, 0.2) is 6.61 Å². The van der Waals surface area contributed by atoms with Crippen LogP contribution in [0.1, 0.15) is 37.0 Å². The fourth-order valence-corrected chi connectivity index (χ4v) is 1.61. The standard InChI is InChI=1S/C14H20F3N3O2/c1-3-13(18,4-2)8-20-12(21)10-5-6-11(19-7-10)22-9-14(15,16)17/h5-7H,3-4,8-9,18H2,1-2H3,(H,20,21). The molecular weight excluding hydrogens is 299 g/mol. The molecule has 1 amide bonds. The number of pyridine rings is 1. The summed E-state index contributed by atoms with van der Waals surface area (Å²) in [5.74, 6) is -0.573. The summed E-state index contributed by atoms with van der Waals surface area (Å²) in [4.78, 5) is 15.6. The van der Waals surface area contributed by atoms with Gasteiger partial charge in [0.2, 0.25) is 5.88 Å². The van der Waals surface area contributed by atoms with E-state index in [9.17, 15) is 18.0 Å². The van der Waals surface area contributed by atoms with E-state index in [1.165, 1.54) is 12.1 Å². The van der Waals surface area contributed by atoms with Crippen LogP contribution in [0.3, 0.4) is 0 Å². The lowest BCUT2D eigenvalue weighted by molar-refractivity contribution is -0.154. The van der Waals surface area contributed by atoms with E-state index in [1.807, 2.05) is 13.8 Å². The zero-order chi connectivity index (χ0) is 16.8. The summed E-state index contributed by atoms with van der Waals surface area (Å²) in [6.45, 7) is 2.76. The third kappa shape index (κ3) is 5.88. The minimum Gasteiger partial charge on any atom is -0.468 e. The van der Waals surface area contributed by atoms with Crippen molar-refractivity contribution >= 4 is 5.91 Å². The van der Waals surface area contributed by atoms with Crippen molar-refractivity contribution in [3.05, 3.63) is 23.9 Å². The number of rotatable bonds is 7. The van der Waals surface area contributed by atoms with Crippen molar-refractivity contribution in [3.63, 3.8) is 0 Å². The molecule has 1 aromatic heterocycles. The van der Waals surface area contributed by atoms with Crippen LogP contribution in [0.4, 0.5) is 13.2 Å². The summed E-state index contributed by atoms with van der Waals surface area (Å²) in [5.41, 5.74) is 5.83. The maximum absolute atomic E-state index is 12.0. The largest absolute Gasteiger partial charge is 0.468 e. The Morgan fingerprint density at radius 3 is 2.41 bits per heavy atom. The topological polar surface area (TPSA) is 77.2 Å². The monoisotopic (exact) mass is 319 g/mol. The van der Waals surface area contributed by atoms with Crippen molar-refractivity contribution < 1.29 is 22.7 Å². The number of nitrogens with one attached hydrogen (secondary N) is 1. The van der Waals surface area contributed by atoms with Gasteiger partial charge in [-0.3, -0.25) is 4.79 Å². The lowest BCUT2D eigenvalue weighted by Gasteiger charge is -2.26. The van der Waals surface area contributed by atoms with Crippen LogP contribution >= 0.6 is 0 Å². The van der Waals surface area contributed by atoms with Crippen molar-refractivity contribution in [3.8, 4) is 5.88 Å². The fourth-order valence-electron chi connectivity index (χ4n) is 1.61. The summed E-state index contributed by atoms with van der Waals surface area (Å²) in [6.07, 6.45) is -1.84. The van der Waals surface area contributed by atoms with Crippen LogP contribution in [0.5, 0.6) is 5.88 Å². The number of alkyl halides is 3. The second kappa shape index (κ2) is 7.44. The number of aromatic nitrogens is 1. The maximum Gasteiger partial charge on any atom is 0.422 e. The third-order valence-corrected chi connectivity index (χ3v) is 3.39. The van der Waals surface area contributed by atoms with Crippen LogP contribution in [0.15, 0.2) is 18.3 Å². The van der Waals surface area contributed by atoms with Crippen LogP contribution < -0.4 is 15.8 Å². The van der Waals surface area contributed by atoms with Gasteiger partial charge in [-0.05, 0) is 18.9 Å². The van der Waals surface area contributed by atoms with Crippen molar-refractivity contribution in [1.82, 2.24) is 10.3 Å². The summed E-state index contributed by atoms with van der Waals surface area (Å²) >= 11 is 0. The van der Waals surface area contributed by atoms with E-state index in [4.69, 9.17) is 5.73 Å². The number of hydrogen-bond donors (Lipinski definition) is 2. The first-order chi connectivity index (χ1) is 10.2. The highest BCUT2D eigenvalue weighted by molar-refractivity contribution is 5.93. The minimum atomic E-state index is -4.43. The Balaban J connectivity index is 2.57. The number of carbonyl (C=O) groups is 1. The average Bonchev–Trinajstić information content (AvgIpc) is 2.50. The first kappa shape index (κ1) is 18.2. The van der Waals surface area contributed by atoms with Crippen LogP contribution in [0.2, 0.25) is 0 Å². The van der Waals surface area contributed by atoms with Gasteiger partial charge in [-0.2, -0.15) is 13.2 Å². The van der Waals surface area contributed by atoms with Gasteiger partial charge in [0, 0.05) is 24.3 Å². The first-order valence-electron chi connectivity index (χ1n) is 6.92. The van der Waals surface area contributed by atoms with Gasteiger partial charge < -0.3 is 15.8 Å². The molecule has 124 valence electrons. The molecule has 0 saturated heterocycles. The Morgan fingerprint density at radius 1 is 1.32 bits per heavy atom. The molecule has 3 N–H and O–H groups in total. The highest BCUT2D eigenvalue weighted by atomic mass is 19.4. The Morgan fingerprint density at radius 2 is 1.95 bits per heavy atom. The lowest BCUT2D eigenvalue weighted by atomic mass is 9.94. The van der Waals surface area contributed by atoms with Gasteiger partial charge in [0.1, 0.15) is 0 Å². The van der Waals surface area contributed by atoms with Gasteiger partial charge in [0.25, 0.3) is 5.91 Å². The van der Waals surface area contributed by atoms with E-state index >= 15 is 0 Å². The van der Waals surface area contributed by atoms with Gasteiger partial charge in [-0.1, -0.05) is 13.8 Å². The molecule has 0 radical (unpaired) electrons. The van der Waals surface area contributed by atoms with E-state index in [0.29, 0.717) is 19.4 Å². The molecule has 0 aliphatic heterocycles. The van der Waals surface area contributed by atoms with Gasteiger partial charge >= 0.3 is 6.18 Å². The predicted octanol–water partition coefficient (Wildman–Crippen LogP) is 2.27. The van der Waals surface area contributed by atoms with Crippen molar-refractivity contribution in [2.75, 3.05) is 13.2 Å². The number of nitrogens with two attached hydrogens (primary N) is 1. The molecule has 0 bridgehead atoms. The molecule has 1 aromatic rings. The quantitative estimate of drug-likeness (QED) is 0.808. The molecule has 0 aromatic carbocycles. The average molecular weight is 319 g/mol. The third-order valence-electron chi connectivity index (χ3n) is 3.39. The Labute approximate surface area is 127 Å². The molecule has 1 heterocycles. The minimum absolute atomic E-state index is 0.191. The number of carbonyl (C=O) groups excluding carboxylic acids is 1. The van der Waals surface area contributed by atoms with Crippen LogP contribution in [-0.2, 0) is 0 Å². The first-order valence-corrected chi connectivity index (χ1v) is 6.92. The van der Waals surface area contributed by atoms with E-state index in [2.05, 4.69) is 15.0 Å². The molecule has 0 saturated carbocycles. The normalized spacial score (nSPS) is 12.1. The number of hydrogen-bond acceptors (Lipinski definition) is 4. The molecule has 5 nitrogen and oxygen atoms in total. The Bertz CT molecular complexity index is 485. The highest BCUT2D eigenvalue weighted by Gasteiger charge is 2.28. The summed E-state index contributed by atoms with van der Waals surface area (Å²) in [5, 5.41) is 2.69. The smallest absolute Gasteiger partial charge is 0.422 e. The van der Waals surface area contributed by atoms with Gasteiger partial charge in [-0.25, -0.2) is 4.98 Å². The fraction of sp³-hybridized carbons (Fsp3) is 0.571. The Hall–Kier alpha value is -1.83. The molecule has 0 unspecified atom stereocenters. The molecule has 1 rings (SSSR count). The lowest BCUT2D eigenvalue weighted by Crippen LogP contribution is -2.49. The zero-order valence-corrected chi connectivity index (χ0v) is 12.5. The predicted molar refractivity (Wildman–Crippen MR) is 75.6 cm³/mol. The van der Waals surface area contributed by atoms with Crippen LogP contribution in [0.25, 0.3) is 0 Å². The molecule has 0 fully saturated rings. The molecule has 0 spiro atoms. The molecule has 0 aliphatic rings. The number of halogens is 3. The molecular formula is C14H20F3N3O2. The molecule has 0 atom stereocenters. The number of nitrogens with zero attached hydrogens (tertiary/aromatic N) is 1. The molecule has 8 heteroatoms. The number of amides is 1. The summed E-state index contributed by atoms with van der Waals surface area (Å²) < 4.78 is 40.5. The van der Waals surface area contributed by atoms with Crippen molar-refractivity contribution in [1.29, 1.82) is 0 Å². The van der Waals surface area contributed by atoms with Crippen LogP contribution in [-0.4, -0.2) is 35.8 Å². The molecule has 22 heavy (non-hydrogen) atoms. The van der Waals surface area contributed by atoms with Gasteiger partial charge in [-0.15, -0.1) is 0 Å². The van der Waals surface area contributed by atoms with Crippen molar-refractivity contribution in [2.45, 2.75) is 38.4 Å². The summed E-state index contributed by atoms with van der Waals surface area (Å²) in [6, 6.07) is 2.57. The van der Waals surface area contributed by atoms with E-state index < -0.39 is 18.3 Å². The van der Waals surface area contributed by atoms with Gasteiger partial charge in [0.05, 0.1) is 5.56 Å². The highest BCUT2D eigenvalue weighted by Crippen LogP contribution is 2.17. The number of ether oxygens (including phenoxy) is 1. The zero-order valence-electron chi connectivity index (χ0n) is 12.5. The summed E-state index contributed by atoms with van der Waals surface area (Å²) in [7, 11) is 0. The second-order valence-electron chi connectivity index (χ2n) is 5.04. The Kier molecular flexibility index (Phi) is 6.16. The van der Waals surface area contributed by atoms with Crippen molar-refractivity contribution in [2.24, 2.45) is 5.73 Å². The second-order valence-corrected chi connectivity index (χ2v) is 5.04. The van der Waals surface area contributed by atoms with Crippen LogP contribution in [0, 0.1) is 0 Å². The molecule has 0 aliphatic carbocycles.